The van der Waals surface area contributed by atoms with E-state index in [0.717, 1.165) is 35.4 Å². The van der Waals surface area contributed by atoms with Crippen LogP contribution in [0.2, 0.25) is 0 Å². The van der Waals surface area contributed by atoms with E-state index in [-0.39, 0.29) is 30.7 Å². The molecule has 1 fully saturated rings. The minimum atomic E-state index is 0. The second kappa shape index (κ2) is 8.54. The molecule has 1 aliphatic heterocycles. The average Bonchev–Trinajstić information content (AvgIpc) is 2.93. The molecule has 1 saturated heterocycles. The maximum Gasteiger partial charge on any atom is 0.251 e. The van der Waals surface area contributed by atoms with Gasteiger partial charge in [0.25, 0.3) is 5.91 Å². The molecule has 7 heteroatoms. The summed E-state index contributed by atoms with van der Waals surface area (Å²) in [6.07, 6.45) is 2.40. The minimum absolute atomic E-state index is 0. The van der Waals surface area contributed by atoms with Crippen LogP contribution in [0.25, 0.3) is 10.2 Å². The summed E-state index contributed by atoms with van der Waals surface area (Å²) in [6.45, 7) is 2.87. The Morgan fingerprint density at radius 2 is 2.29 bits per heavy atom. The summed E-state index contributed by atoms with van der Waals surface area (Å²) in [6, 6.07) is 5.67. The van der Waals surface area contributed by atoms with E-state index >= 15 is 0 Å². The van der Waals surface area contributed by atoms with Crippen molar-refractivity contribution < 1.29 is 4.79 Å². The molecular formula is C14H19Cl2N3OS. The maximum absolute atomic E-state index is 12.1. The number of carbonyl (C=O) groups is 1. The topological polar surface area (TPSA) is 54.0 Å². The summed E-state index contributed by atoms with van der Waals surface area (Å²) in [5.74, 6) is 0.575. The summed E-state index contributed by atoms with van der Waals surface area (Å²) in [5.41, 5.74) is 3.48. The van der Waals surface area contributed by atoms with Gasteiger partial charge in [-0.2, -0.15) is 0 Å². The van der Waals surface area contributed by atoms with Crippen LogP contribution >= 0.6 is 36.2 Å². The SMILES string of the molecule is Cl.Cl.O=C(NCC1CCCNC1)c1ccc2ncsc2c1. The molecule has 1 unspecified atom stereocenters. The Labute approximate surface area is 140 Å². The normalized spacial score (nSPS) is 17.6. The van der Waals surface area contributed by atoms with Gasteiger partial charge in [0.1, 0.15) is 0 Å². The number of piperidine rings is 1. The predicted octanol–water partition coefficient (Wildman–Crippen LogP) is 2.87. The summed E-state index contributed by atoms with van der Waals surface area (Å²) < 4.78 is 1.06. The van der Waals surface area contributed by atoms with E-state index < -0.39 is 0 Å². The zero-order chi connectivity index (χ0) is 13.1. The van der Waals surface area contributed by atoms with Crippen LogP contribution in [0.1, 0.15) is 23.2 Å². The lowest BCUT2D eigenvalue weighted by atomic mass is 9.99. The fourth-order valence-corrected chi connectivity index (χ4v) is 3.15. The highest BCUT2D eigenvalue weighted by molar-refractivity contribution is 7.16. The third-order valence-electron chi connectivity index (χ3n) is 3.54. The highest BCUT2D eigenvalue weighted by atomic mass is 35.5. The summed E-state index contributed by atoms with van der Waals surface area (Å²) in [7, 11) is 0. The first-order chi connectivity index (χ1) is 9.33. The number of amides is 1. The molecule has 0 saturated carbocycles. The molecule has 2 aromatic rings. The lowest BCUT2D eigenvalue weighted by molar-refractivity contribution is 0.0945. The molecule has 0 spiro atoms. The number of nitrogens with zero attached hydrogens (tertiary/aromatic N) is 1. The average molecular weight is 348 g/mol. The van der Waals surface area contributed by atoms with Crippen molar-refractivity contribution in [1.29, 1.82) is 0 Å². The Kier molecular flexibility index (Phi) is 7.39. The number of halogens is 2. The van der Waals surface area contributed by atoms with E-state index in [0.29, 0.717) is 5.92 Å². The van der Waals surface area contributed by atoms with Gasteiger partial charge < -0.3 is 10.6 Å². The van der Waals surface area contributed by atoms with Crippen molar-refractivity contribution in [2.45, 2.75) is 12.8 Å². The van der Waals surface area contributed by atoms with E-state index in [1.54, 1.807) is 16.8 Å². The van der Waals surface area contributed by atoms with Crippen molar-refractivity contribution in [3.05, 3.63) is 29.3 Å². The number of benzene rings is 1. The van der Waals surface area contributed by atoms with E-state index in [9.17, 15) is 4.79 Å². The van der Waals surface area contributed by atoms with Crippen LogP contribution in [0.5, 0.6) is 0 Å². The first-order valence-electron chi connectivity index (χ1n) is 6.65. The van der Waals surface area contributed by atoms with Gasteiger partial charge in [-0.3, -0.25) is 4.79 Å². The molecule has 21 heavy (non-hydrogen) atoms. The second-order valence-corrected chi connectivity index (χ2v) is 5.84. The molecular weight excluding hydrogens is 329 g/mol. The van der Waals surface area contributed by atoms with Crippen molar-refractivity contribution in [3.8, 4) is 0 Å². The Morgan fingerprint density at radius 3 is 3.05 bits per heavy atom. The van der Waals surface area contributed by atoms with Crippen LogP contribution in [0.3, 0.4) is 0 Å². The van der Waals surface area contributed by atoms with E-state index in [1.165, 1.54) is 12.8 Å². The molecule has 0 bridgehead atoms. The second-order valence-electron chi connectivity index (χ2n) is 4.96. The first kappa shape index (κ1) is 18.2. The van der Waals surface area contributed by atoms with Gasteiger partial charge in [-0.05, 0) is 50.0 Å². The first-order valence-corrected chi connectivity index (χ1v) is 7.53. The lowest BCUT2D eigenvalue weighted by Gasteiger charge is -2.22. The molecule has 1 aromatic carbocycles. The molecule has 1 aliphatic rings. The van der Waals surface area contributed by atoms with Crippen molar-refractivity contribution in [1.82, 2.24) is 15.6 Å². The number of hydrogen-bond acceptors (Lipinski definition) is 4. The van der Waals surface area contributed by atoms with Gasteiger partial charge >= 0.3 is 0 Å². The summed E-state index contributed by atoms with van der Waals surface area (Å²) >= 11 is 1.56. The number of hydrogen-bond donors (Lipinski definition) is 2. The number of nitrogens with one attached hydrogen (secondary N) is 2. The summed E-state index contributed by atoms with van der Waals surface area (Å²) in [5, 5.41) is 6.39. The van der Waals surface area contributed by atoms with E-state index in [1.807, 2.05) is 18.2 Å². The van der Waals surface area contributed by atoms with Gasteiger partial charge in [0.05, 0.1) is 15.7 Å². The monoisotopic (exact) mass is 347 g/mol. The predicted molar refractivity (Wildman–Crippen MR) is 92.0 cm³/mol. The Bertz CT molecular complexity index is 584. The molecule has 0 aliphatic carbocycles. The van der Waals surface area contributed by atoms with Gasteiger partial charge in [0.2, 0.25) is 0 Å². The van der Waals surface area contributed by atoms with Crippen molar-refractivity contribution >= 4 is 52.3 Å². The molecule has 116 valence electrons. The molecule has 1 amide bonds. The van der Waals surface area contributed by atoms with Crippen LogP contribution in [-0.2, 0) is 0 Å². The van der Waals surface area contributed by atoms with Gasteiger partial charge in [-0.1, -0.05) is 0 Å². The van der Waals surface area contributed by atoms with Crippen LogP contribution in [0, 0.1) is 5.92 Å². The van der Waals surface area contributed by atoms with Crippen LogP contribution in [-0.4, -0.2) is 30.5 Å². The van der Waals surface area contributed by atoms with Gasteiger partial charge in [-0.25, -0.2) is 4.98 Å². The van der Waals surface area contributed by atoms with Crippen LogP contribution in [0.15, 0.2) is 23.7 Å². The largest absolute Gasteiger partial charge is 0.352 e. The lowest BCUT2D eigenvalue weighted by Crippen LogP contribution is -2.38. The van der Waals surface area contributed by atoms with E-state index in [2.05, 4.69) is 15.6 Å². The molecule has 4 nitrogen and oxygen atoms in total. The minimum Gasteiger partial charge on any atom is -0.352 e. The number of carbonyl (C=O) groups excluding carboxylic acids is 1. The zero-order valence-electron chi connectivity index (χ0n) is 11.5. The number of thiazole rings is 1. The van der Waals surface area contributed by atoms with Gasteiger partial charge in [0.15, 0.2) is 0 Å². The quantitative estimate of drug-likeness (QED) is 0.897. The maximum atomic E-state index is 12.1. The fourth-order valence-electron chi connectivity index (χ4n) is 2.43. The van der Waals surface area contributed by atoms with Crippen molar-refractivity contribution in [3.63, 3.8) is 0 Å². The van der Waals surface area contributed by atoms with Crippen LogP contribution in [0.4, 0.5) is 0 Å². The number of fused-ring (bicyclic) bond motifs is 1. The number of aromatic nitrogens is 1. The molecule has 3 rings (SSSR count). The van der Waals surface area contributed by atoms with Gasteiger partial charge in [-0.15, -0.1) is 36.2 Å². The Hall–Kier alpha value is -0.880. The molecule has 1 aromatic heterocycles. The highest BCUT2D eigenvalue weighted by Crippen LogP contribution is 2.19. The smallest absolute Gasteiger partial charge is 0.251 e. The fraction of sp³-hybridized carbons (Fsp3) is 0.429. The van der Waals surface area contributed by atoms with Crippen molar-refractivity contribution in [2.24, 2.45) is 5.92 Å². The highest BCUT2D eigenvalue weighted by Gasteiger charge is 2.14. The zero-order valence-corrected chi connectivity index (χ0v) is 14.0. The van der Waals surface area contributed by atoms with Crippen LogP contribution < -0.4 is 10.6 Å². The Balaban J connectivity index is 0.00000110. The standard InChI is InChI=1S/C14H17N3OS.2ClH/c18-14(16-8-10-2-1-5-15-7-10)11-3-4-12-13(6-11)19-9-17-12;;/h3-4,6,9-10,15H,1-2,5,7-8H2,(H,16,18);2*1H. The molecule has 1 atom stereocenters. The van der Waals surface area contributed by atoms with Gasteiger partial charge in [0, 0.05) is 12.1 Å². The third kappa shape index (κ3) is 4.54. The molecule has 2 heterocycles. The third-order valence-corrected chi connectivity index (χ3v) is 4.34. The Morgan fingerprint density at radius 1 is 1.43 bits per heavy atom. The molecule has 2 N–H and O–H groups in total. The summed E-state index contributed by atoms with van der Waals surface area (Å²) in [4.78, 5) is 16.3. The van der Waals surface area contributed by atoms with E-state index in [4.69, 9.17) is 0 Å². The van der Waals surface area contributed by atoms with Crippen molar-refractivity contribution in [2.75, 3.05) is 19.6 Å². The number of rotatable bonds is 3. The molecule has 0 radical (unpaired) electrons.